The first kappa shape index (κ1) is 20.1. The summed E-state index contributed by atoms with van der Waals surface area (Å²) in [6, 6.07) is 22.9. The maximum atomic E-state index is 14.9. The topological polar surface area (TPSA) is 42.0 Å². The third-order valence-electron chi connectivity index (χ3n) is 5.75. The predicted octanol–water partition coefficient (Wildman–Crippen LogP) is 6.36. The van der Waals surface area contributed by atoms with Gasteiger partial charge in [0.2, 0.25) is 5.91 Å². The van der Waals surface area contributed by atoms with Crippen molar-refractivity contribution >= 4 is 11.6 Å². The standard InChI is InChI=1S/C27H20F2N2O/c1-17-14-20(12-13-30-17)19-8-6-18(7-9-19)15-26(32)31-21-10-11-23-22-4-2-3-5-24(22)27(28,29)25(23)16-21/h2-14,16H,15H2,1H3,(H,31,32). The van der Waals surface area contributed by atoms with E-state index in [1.54, 1.807) is 36.5 Å². The molecule has 1 aliphatic carbocycles. The zero-order valence-electron chi connectivity index (χ0n) is 17.4. The van der Waals surface area contributed by atoms with Crippen LogP contribution in [0.3, 0.4) is 0 Å². The smallest absolute Gasteiger partial charge is 0.299 e. The number of fused-ring (bicyclic) bond motifs is 3. The zero-order chi connectivity index (χ0) is 22.3. The number of amides is 1. The largest absolute Gasteiger partial charge is 0.326 e. The Morgan fingerprint density at radius 2 is 1.62 bits per heavy atom. The predicted molar refractivity (Wildman–Crippen MR) is 122 cm³/mol. The van der Waals surface area contributed by atoms with Crippen LogP contribution in [-0.4, -0.2) is 10.9 Å². The van der Waals surface area contributed by atoms with Crippen molar-refractivity contribution in [3.8, 4) is 22.3 Å². The van der Waals surface area contributed by atoms with Crippen LogP contribution < -0.4 is 5.32 Å². The first-order chi connectivity index (χ1) is 15.4. The molecule has 0 spiro atoms. The van der Waals surface area contributed by atoms with Crippen molar-refractivity contribution in [1.29, 1.82) is 0 Å². The van der Waals surface area contributed by atoms with Crippen LogP contribution >= 0.6 is 0 Å². The van der Waals surface area contributed by atoms with Crippen molar-refractivity contribution in [2.45, 2.75) is 19.3 Å². The molecule has 1 aliphatic rings. The van der Waals surface area contributed by atoms with Gasteiger partial charge in [-0.05, 0) is 59.0 Å². The Morgan fingerprint density at radius 3 is 2.41 bits per heavy atom. The number of alkyl halides is 2. The monoisotopic (exact) mass is 426 g/mol. The lowest BCUT2D eigenvalue weighted by molar-refractivity contribution is -0.115. The number of anilines is 1. The fourth-order valence-corrected chi connectivity index (χ4v) is 4.18. The highest BCUT2D eigenvalue weighted by Crippen LogP contribution is 2.51. The number of nitrogens with zero attached hydrogens (tertiary/aromatic N) is 1. The van der Waals surface area contributed by atoms with E-state index in [0.717, 1.165) is 22.4 Å². The summed E-state index contributed by atoms with van der Waals surface area (Å²) in [6.45, 7) is 1.94. The quantitative estimate of drug-likeness (QED) is 0.413. The third-order valence-corrected chi connectivity index (χ3v) is 5.75. The number of hydrogen-bond donors (Lipinski definition) is 1. The average Bonchev–Trinajstić information content (AvgIpc) is 3.01. The highest BCUT2D eigenvalue weighted by atomic mass is 19.3. The van der Waals surface area contributed by atoms with E-state index in [4.69, 9.17) is 0 Å². The fraction of sp³-hybridized carbons (Fsp3) is 0.111. The number of rotatable bonds is 4. The van der Waals surface area contributed by atoms with Crippen molar-refractivity contribution in [3.05, 3.63) is 107 Å². The van der Waals surface area contributed by atoms with Gasteiger partial charge < -0.3 is 5.32 Å². The van der Waals surface area contributed by atoms with Crippen molar-refractivity contribution in [3.63, 3.8) is 0 Å². The van der Waals surface area contributed by atoms with Crippen LogP contribution in [0.2, 0.25) is 0 Å². The van der Waals surface area contributed by atoms with E-state index >= 15 is 0 Å². The summed E-state index contributed by atoms with van der Waals surface area (Å²) >= 11 is 0. The minimum absolute atomic E-state index is 0.00274. The molecular formula is C27H20F2N2O. The summed E-state index contributed by atoms with van der Waals surface area (Å²) in [5.41, 5.74) is 5.22. The zero-order valence-corrected chi connectivity index (χ0v) is 17.4. The maximum Gasteiger partial charge on any atom is 0.299 e. The van der Waals surface area contributed by atoms with Gasteiger partial charge in [-0.25, -0.2) is 0 Å². The fourth-order valence-electron chi connectivity index (χ4n) is 4.18. The molecule has 5 heteroatoms. The van der Waals surface area contributed by atoms with Gasteiger partial charge in [-0.3, -0.25) is 9.78 Å². The van der Waals surface area contributed by atoms with E-state index in [1.807, 2.05) is 43.3 Å². The molecule has 0 saturated heterocycles. The maximum absolute atomic E-state index is 14.9. The van der Waals surface area contributed by atoms with Gasteiger partial charge in [0, 0.05) is 28.7 Å². The van der Waals surface area contributed by atoms with Gasteiger partial charge in [-0.15, -0.1) is 0 Å². The van der Waals surface area contributed by atoms with Gasteiger partial charge in [0.05, 0.1) is 6.42 Å². The molecule has 0 atom stereocenters. The number of hydrogen-bond acceptors (Lipinski definition) is 2. The number of halogens is 2. The molecule has 32 heavy (non-hydrogen) atoms. The third kappa shape index (κ3) is 3.56. The number of carbonyl (C=O) groups excluding carboxylic acids is 1. The van der Waals surface area contributed by atoms with E-state index in [1.165, 1.54) is 12.1 Å². The number of benzene rings is 3. The minimum Gasteiger partial charge on any atom is -0.326 e. The normalized spacial score (nSPS) is 13.3. The van der Waals surface area contributed by atoms with Crippen molar-refractivity contribution in [2.24, 2.45) is 0 Å². The molecule has 1 aromatic heterocycles. The molecule has 0 unspecified atom stereocenters. The summed E-state index contributed by atoms with van der Waals surface area (Å²) in [7, 11) is 0. The van der Waals surface area contributed by atoms with Gasteiger partial charge in [-0.2, -0.15) is 8.78 Å². The van der Waals surface area contributed by atoms with Gasteiger partial charge >= 0.3 is 0 Å². The molecule has 4 aromatic rings. The number of nitrogens with one attached hydrogen (secondary N) is 1. The number of aryl methyl sites for hydroxylation is 1. The average molecular weight is 426 g/mol. The second-order valence-electron chi connectivity index (χ2n) is 7.99. The molecule has 0 saturated carbocycles. The molecule has 1 N–H and O–H groups in total. The molecule has 0 bridgehead atoms. The van der Waals surface area contributed by atoms with Gasteiger partial charge in [0.15, 0.2) is 0 Å². The highest BCUT2D eigenvalue weighted by Gasteiger charge is 2.44. The van der Waals surface area contributed by atoms with Gasteiger partial charge in [0.1, 0.15) is 0 Å². The Kier molecular flexibility index (Phi) is 4.82. The summed E-state index contributed by atoms with van der Waals surface area (Å²) in [5.74, 6) is -3.33. The second-order valence-corrected chi connectivity index (χ2v) is 7.99. The SMILES string of the molecule is Cc1cc(-c2ccc(CC(=O)Nc3ccc4c(c3)C(F)(F)c3ccccc3-4)cc2)ccn1. The van der Waals surface area contributed by atoms with Crippen LogP contribution in [0.1, 0.15) is 22.4 Å². The van der Waals surface area contributed by atoms with Crippen molar-refractivity contribution in [1.82, 2.24) is 4.98 Å². The first-order valence-electron chi connectivity index (χ1n) is 10.4. The van der Waals surface area contributed by atoms with E-state index in [0.29, 0.717) is 16.8 Å². The number of pyridine rings is 1. The first-order valence-corrected chi connectivity index (χ1v) is 10.4. The van der Waals surface area contributed by atoms with E-state index < -0.39 is 5.92 Å². The van der Waals surface area contributed by atoms with Crippen LogP contribution in [0.5, 0.6) is 0 Å². The molecule has 3 aromatic carbocycles. The lowest BCUT2D eigenvalue weighted by Gasteiger charge is -2.13. The summed E-state index contributed by atoms with van der Waals surface area (Å²) in [5, 5.41) is 2.76. The molecule has 3 nitrogen and oxygen atoms in total. The van der Waals surface area contributed by atoms with E-state index in [-0.39, 0.29) is 23.5 Å². The molecule has 1 heterocycles. The van der Waals surface area contributed by atoms with Crippen molar-refractivity contribution in [2.75, 3.05) is 5.32 Å². The molecule has 1 amide bonds. The highest BCUT2D eigenvalue weighted by molar-refractivity contribution is 5.93. The molecule has 0 fully saturated rings. The second kappa shape index (κ2) is 7.68. The van der Waals surface area contributed by atoms with Crippen molar-refractivity contribution < 1.29 is 13.6 Å². The molecule has 5 rings (SSSR count). The lowest BCUT2D eigenvalue weighted by atomic mass is 10.0. The Morgan fingerprint density at radius 1 is 0.875 bits per heavy atom. The Labute approximate surface area is 184 Å². The Balaban J connectivity index is 1.31. The lowest BCUT2D eigenvalue weighted by Crippen LogP contribution is -2.16. The molecule has 158 valence electrons. The number of carbonyl (C=O) groups is 1. The van der Waals surface area contributed by atoms with Crippen LogP contribution in [0.4, 0.5) is 14.5 Å². The van der Waals surface area contributed by atoms with Gasteiger partial charge in [-0.1, -0.05) is 54.6 Å². The van der Waals surface area contributed by atoms with Crippen LogP contribution in [-0.2, 0) is 17.1 Å². The van der Waals surface area contributed by atoms with Crippen LogP contribution in [0, 0.1) is 6.92 Å². The summed E-state index contributed by atoms with van der Waals surface area (Å²) in [6.07, 6.45) is 1.92. The molecule has 0 radical (unpaired) electrons. The molecule has 0 aliphatic heterocycles. The Hall–Kier alpha value is -3.86. The summed E-state index contributed by atoms with van der Waals surface area (Å²) < 4.78 is 29.8. The van der Waals surface area contributed by atoms with Gasteiger partial charge in [0.25, 0.3) is 5.92 Å². The van der Waals surface area contributed by atoms with Crippen LogP contribution in [0.25, 0.3) is 22.3 Å². The number of aromatic nitrogens is 1. The van der Waals surface area contributed by atoms with E-state index in [9.17, 15) is 13.6 Å². The van der Waals surface area contributed by atoms with E-state index in [2.05, 4.69) is 10.3 Å². The minimum atomic E-state index is -3.08. The molecular weight excluding hydrogens is 406 g/mol. The Bertz CT molecular complexity index is 1330. The van der Waals surface area contributed by atoms with Crippen LogP contribution in [0.15, 0.2) is 85.1 Å². The summed E-state index contributed by atoms with van der Waals surface area (Å²) in [4.78, 5) is 16.8.